The molecule has 1 aliphatic rings. The minimum atomic E-state index is -3.59. The number of hydrogen-bond acceptors (Lipinski definition) is 4. The van der Waals surface area contributed by atoms with Gasteiger partial charge in [-0.15, -0.1) is 0 Å². The Labute approximate surface area is 170 Å². The summed E-state index contributed by atoms with van der Waals surface area (Å²) in [6.45, 7) is 4.18. The van der Waals surface area contributed by atoms with Gasteiger partial charge in [-0.1, -0.05) is 24.3 Å². The van der Waals surface area contributed by atoms with Gasteiger partial charge in [0.05, 0.1) is 10.5 Å². The topological polar surface area (TPSA) is 85.5 Å². The van der Waals surface area contributed by atoms with Crippen LogP contribution in [0.5, 0.6) is 0 Å². The van der Waals surface area contributed by atoms with Crippen molar-refractivity contribution in [1.29, 1.82) is 0 Å². The average Bonchev–Trinajstić information content (AvgIpc) is 3.04. The number of hydrogen-bond donors (Lipinski definition) is 2. The lowest BCUT2D eigenvalue weighted by atomic mass is 10.1. The van der Waals surface area contributed by atoms with Crippen LogP contribution in [0.25, 0.3) is 10.9 Å². The number of benzene rings is 2. The zero-order valence-corrected chi connectivity index (χ0v) is 17.3. The molecule has 4 rings (SSSR count). The number of aryl methyl sites for hydroxylation is 1. The van der Waals surface area contributed by atoms with Crippen molar-refractivity contribution in [3.05, 3.63) is 59.8 Å². The minimum Gasteiger partial charge on any atom is -0.358 e. The van der Waals surface area contributed by atoms with Crippen molar-refractivity contribution in [2.24, 2.45) is 0 Å². The Bertz CT molecular complexity index is 1160. The molecule has 29 heavy (non-hydrogen) atoms. The maximum Gasteiger partial charge on any atom is 0.258 e. The Kier molecular flexibility index (Phi) is 5.16. The molecule has 1 aromatic heterocycles. The van der Waals surface area contributed by atoms with Crippen LogP contribution in [-0.2, 0) is 10.0 Å². The van der Waals surface area contributed by atoms with Crippen molar-refractivity contribution in [3.8, 4) is 0 Å². The summed E-state index contributed by atoms with van der Waals surface area (Å²) in [5.74, 6) is -0.269. The normalized spacial score (nSPS) is 16.2. The van der Waals surface area contributed by atoms with Gasteiger partial charge in [-0.05, 0) is 38.2 Å². The SMILES string of the molecule is Cc1[nH]c2ccccc2c1C(=O)Nc1cccc(S(=O)(=O)N2CCN(C)CC2)c1. The molecule has 3 aromatic rings. The predicted molar refractivity (Wildman–Crippen MR) is 114 cm³/mol. The highest BCUT2D eigenvalue weighted by molar-refractivity contribution is 7.89. The Balaban J connectivity index is 1.59. The van der Waals surface area contributed by atoms with E-state index in [4.69, 9.17) is 0 Å². The number of piperazine rings is 1. The number of carbonyl (C=O) groups excluding carboxylic acids is 1. The van der Waals surface area contributed by atoms with Crippen LogP contribution < -0.4 is 5.32 Å². The first kappa shape index (κ1) is 19.6. The molecule has 2 heterocycles. The van der Waals surface area contributed by atoms with Crippen LogP contribution in [0, 0.1) is 6.92 Å². The summed E-state index contributed by atoms with van der Waals surface area (Å²) in [5, 5.41) is 3.69. The number of fused-ring (bicyclic) bond motifs is 1. The Morgan fingerprint density at radius 1 is 1.03 bits per heavy atom. The summed E-state index contributed by atoms with van der Waals surface area (Å²) >= 11 is 0. The highest BCUT2D eigenvalue weighted by Crippen LogP contribution is 2.25. The second kappa shape index (κ2) is 7.62. The van der Waals surface area contributed by atoms with Crippen LogP contribution >= 0.6 is 0 Å². The van der Waals surface area contributed by atoms with Crippen LogP contribution in [0.4, 0.5) is 5.69 Å². The smallest absolute Gasteiger partial charge is 0.258 e. The number of aromatic amines is 1. The van der Waals surface area contributed by atoms with Crippen molar-refractivity contribution in [2.75, 3.05) is 38.5 Å². The minimum absolute atomic E-state index is 0.190. The number of carbonyl (C=O) groups is 1. The number of H-pyrrole nitrogens is 1. The van der Waals surface area contributed by atoms with E-state index in [0.717, 1.165) is 16.6 Å². The summed E-state index contributed by atoms with van der Waals surface area (Å²) in [7, 11) is -1.61. The molecule has 7 nitrogen and oxygen atoms in total. The average molecular weight is 413 g/mol. The highest BCUT2D eigenvalue weighted by atomic mass is 32.2. The second-order valence-corrected chi connectivity index (χ2v) is 9.30. The monoisotopic (exact) mass is 412 g/mol. The first-order chi connectivity index (χ1) is 13.9. The van der Waals surface area contributed by atoms with Gasteiger partial charge >= 0.3 is 0 Å². The number of amides is 1. The molecule has 0 spiro atoms. The van der Waals surface area contributed by atoms with Gasteiger partial charge < -0.3 is 15.2 Å². The van der Waals surface area contributed by atoms with E-state index in [0.29, 0.717) is 37.4 Å². The van der Waals surface area contributed by atoms with Crippen molar-refractivity contribution < 1.29 is 13.2 Å². The fourth-order valence-electron chi connectivity index (χ4n) is 3.67. The molecule has 0 aliphatic carbocycles. The van der Waals surface area contributed by atoms with Gasteiger partial charge in [0.2, 0.25) is 10.0 Å². The number of anilines is 1. The molecule has 0 radical (unpaired) electrons. The van der Waals surface area contributed by atoms with Crippen LogP contribution in [0.2, 0.25) is 0 Å². The van der Waals surface area contributed by atoms with Gasteiger partial charge in [0, 0.05) is 48.5 Å². The van der Waals surface area contributed by atoms with E-state index in [1.165, 1.54) is 10.4 Å². The van der Waals surface area contributed by atoms with Gasteiger partial charge in [-0.25, -0.2) is 8.42 Å². The molecule has 1 aliphatic heterocycles. The molecular formula is C21H24N4O3S. The van der Waals surface area contributed by atoms with Gasteiger partial charge in [-0.3, -0.25) is 4.79 Å². The van der Waals surface area contributed by atoms with Crippen molar-refractivity contribution in [3.63, 3.8) is 0 Å². The molecule has 0 unspecified atom stereocenters. The number of para-hydroxylation sites is 1. The summed E-state index contributed by atoms with van der Waals surface area (Å²) in [6, 6.07) is 14.0. The molecule has 0 bridgehead atoms. The standard InChI is InChI=1S/C21H24N4O3S/c1-15-20(18-8-3-4-9-19(18)22-15)21(26)23-16-6-5-7-17(14-16)29(27,28)25-12-10-24(2)11-13-25/h3-9,14,22H,10-13H2,1-2H3,(H,23,26). The van der Waals surface area contributed by atoms with Crippen LogP contribution in [0.15, 0.2) is 53.4 Å². The van der Waals surface area contributed by atoms with Crippen molar-refractivity contribution in [1.82, 2.24) is 14.2 Å². The van der Waals surface area contributed by atoms with E-state index in [-0.39, 0.29) is 10.8 Å². The number of rotatable bonds is 4. The number of nitrogens with zero attached hydrogens (tertiary/aromatic N) is 2. The largest absolute Gasteiger partial charge is 0.358 e. The van der Waals surface area contributed by atoms with Gasteiger partial charge in [0.1, 0.15) is 0 Å². The van der Waals surface area contributed by atoms with Crippen molar-refractivity contribution in [2.45, 2.75) is 11.8 Å². The Morgan fingerprint density at radius 2 is 1.76 bits per heavy atom. The molecule has 152 valence electrons. The quantitative estimate of drug-likeness (QED) is 0.690. The molecule has 8 heteroatoms. The molecule has 2 aromatic carbocycles. The number of aromatic nitrogens is 1. The van der Waals surface area contributed by atoms with Gasteiger partial charge in [-0.2, -0.15) is 4.31 Å². The number of nitrogens with one attached hydrogen (secondary N) is 2. The molecule has 0 atom stereocenters. The first-order valence-corrected chi connectivity index (χ1v) is 11.0. The fourth-order valence-corrected chi connectivity index (χ4v) is 5.14. The lowest BCUT2D eigenvalue weighted by Crippen LogP contribution is -2.47. The van der Waals surface area contributed by atoms with E-state index in [9.17, 15) is 13.2 Å². The summed E-state index contributed by atoms with van der Waals surface area (Å²) < 4.78 is 27.5. The lowest BCUT2D eigenvalue weighted by molar-refractivity contribution is 0.102. The predicted octanol–water partition coefficient (Wildman–Crippen LogP) is 2.66. The molecule has 1 saturated heterocycles. The third-order valence-corrected chi connectivity index (χ3v) is 7.21. The summed E-state index contributed by atoms with van der Waals surface area (Å²) in [5.41, 5.74) is 2.68. The van der Waals surface area contributed by atoms with E-state index in [1.807, 2.05) is 38.2 Å². The molecule has 0 saturated carbocycles. The molecule has 2 N–H and O–H groups in total. The third kappa shape index (κ3) is 3.78. The summed E-state index contributed by atoms with van der Waals surface area (Å²) in [6.07, 6.45) is 0. The zero-order chi connectivity index (χ0) is 20.6. The van der Waals surface area contributed by atoms with Crippen LogP contribution in [-0.4, -0.2) is 61.7 Å². The van der Waals surface area contributed by atoms with Gasteiger partial charge in [0.15, 0.2) is 0 Å². The maximum atomic E-state index is 13.0. The highest BCUT2D eigenvalue weighted by Gasteiger charge is 2.27. The van der Waals surface area contributed by atoms with E-state index in [2.05, 4.69) is 15.2 Å². The van der Waals surface area contributed by atoms with Crippen LogP contribution in [0.3, 0.4) is 0 Å². The molecular weight excluding hydrogens is 388 g/mol. The lowest BCUT2D eigenvalue weighted by Gasteiger charge is -2.31. The zero-order valence-electron chi connectivity index (χ0n) is 16.5. The third-order valence-electron chi connectivity index (χ3n) is 5.31. The summed E-state index contributed by atoms with van der Waals surface area (Å²) in [4.78, 5) is 18.4. The Morgan fingerprint density at radius 3 is 2.52 bits per heavy atom. The fraction of sp³-hybridized carbons (Fsp3) is 0.286. The first-order valence-electron chi connectivity index (χ1n) is 9.53. The van der Waals surface area contributed by atoms with Crippen molar-refractivity contribution >= 4 is 32.5 Å². The van der Waals surface area contributed by atoms with E-state index in [1.54, 1.807) is 18.2 Å². The Hall–Kier alpha value is -2.68. The van der Waals surface area contributed by atoms with Gasteiger partial charge in [0.25, 0.3) is 5.91 Å². The maximum absolute atomic E-state index is 13.0. The number of likely N-dealkylation sites (N-methyl/N-ethyl adjacent to an activating group) is 1. The van der Waals surface area contributed by atoms with Crippen LogP contribution in [0.1, 0.15) is 16.1 Å². The van der Waals surface area contributed by atoms with E-state index < -0.39 is 10.0 Å². The van der Waals surface area contributed by atoms with E-state index >= 15 is 0 Å². The molecule has 1 fully saturated rings. The molecule has 1 amide bonds. The second-order valence-electron chi connectivity index (χ2n) is 7.36. The number of sulfonamides is 1.